The summed E-state index contributed by atoms with van der Waals surface area (Å²) in [5.41, 5.74) is -0.0370. The van der Waals surface area contributed by atoms with Gasteiger partial charge in [-0.05, 0) is 80.6 Å². The maximum atomic E-state index is 15.7. The summed E-state index contributed by atoms with van der Waals surface area (Å²) in [6.45, 7) is 3.87. The highest BCUT2D eigenvalue weighted by Crippen LogP contribution is 2.44. The molecule has 4 fully saturated rings. The Hall–Kier alpha value is -6.54. The van der Waals surface area contributed by atoms with E-state index in [1.807, 2.05) is 17.0 Å². The average Bonchev–Trinajstić information content (AvgIpc) is 3.86. The molecule has 0 radical (unpaired) electrons. The number of nitriles is 1. The molecular formula is C45H49F2N11O8S. The summed E-state index contributed by atoms with van der Waals surface area (Å²) in [4.78, 5) is 42.8. The number of halogens is 2. The van der Waals surface area contributed by atoms with E-state index in [0.717, 1.165) is 10.4 Å². The minimum Gasteiger partial charge on any atom is -0.453 e. The van der Waals surface area contributed by atoms with Crippen LogP contribution in [0.5, 0.6) is 11.5 Å². The van der Waals surface area contributed by atoms with Crippen LogP contribution >= 0.6 is 0 Å². The van der Waals surface area contributed by atoms with Crippen LogP contribution in [0.4, 0.5) is 30.8 Å². The summed E-state index contributed by atoms with van der Waals surface area (Å²) in [5, 5.41) is 38.2. The first-order chi connectivity index (χ1) is 32.0. The van der Waals surface area contributed by atoms with Crippen molar-refractivity contribution in [3.63, 3.8) is 0 Å². The molecule has 2 aromatic heterocycles. The van der Waals surface area contributed by atoms with E-state index in [-0.39, 0.29) is 79.3 Å². The van der Waals surface area contributed by atoms with Crippen molar-refractivity contribution in [3.8, 4) is 17.6 Å². The van der Waals surface area contributed by atoms with Gasteiger partial charge in [-0.25, -0.2) is 13.6 Å². The van der Waals surface area contributed by atoms with Gasteiger partial charge in [-0.2, -0.15) is 33.3 Å². The Morgan fingerprint density at radius 1 is 1.04 bits per heavy atom. The molecule has 67 heavy (non-hydrogen) atoms. The highest BCUT2D eigenvalue weighted by molar-refractivity contribution is 7.90. The number of aryl methyl sites for hydroxylation is 1. The van der Waals surface area contributed by atoms with Crippen molar-refractivity contribution >= 4 is 67.1 Å². The number of hydrogen-bond donors (Lipinski definition) is 3. The molecule has 4 saturated heterocycles. The second-order valence-corrected chi connectivity index (χ2v) is 19.5. The molecule has 6 heterocycles. The SMILES string of the molecule is CCN(C)S(=O)(=O)Nc1ccc(F)c(Oc2ccc3nnc([C@H]4COC5(CCN(C(=O)CC6(O)CCN(c7cc8c(cc7F)c(N7CCC(=O)NC7=O)nn8C)CC6)CC5)C4)cc3c2)c1C#N. The summed E-state index contributed by atoms with van der Waals surface area (Å²) in [5.74, 6) is -1.99. The van der Waals surface area contributed by atoms with Crippen LogP contribution in [0.3, 0.4) is 0 Å². The van der Waals surface area contributed by atoms with Crippen molar-refractivity contribution < 1.29 is 46.2 Å². The predicted molar refractivity (Wildman–Crippen MR) is 241 cm³/mol. The topological polar surface area (TPSA) is 228 Å². The lowest BCUT2D eigenvalue weighted by Crippen LogP contribution is -2.51. The first-order valence-corrected chi connectivity index (χ1v) is 23.5. The zero-order valence-electron chi connectivity index (χ0n) is 37.1. The number of benzene rings is 3. The predicted octanol–water partition coefficient (Wildman–Crippen LogP) is 4.80. The fourth-order valence-electron chi connectivity index (χ4n) is 9.40. The third-order valence-corrected chi connectivity index (χ3v) is 15.0. The van der Waals surface area contributed by atoms with Crippen LogP contribution < -0.4 is 24.6 Å². The number of nitrogens with zero attached hydrogens (tertiary/aromatic N) is 9. The Morgan fingerprint density at radius 2 is 1.81 bits per heavy atom. The molecule has 5 aromatic rings. The van der Waals surface area contributed by atoms with Gasteiger partial charge in [0.05, 0.1) is 52.3 Å². The fourth-order valence-corrected chi connectivity index (χ4v) is 10.3. The van der Waals surface area contributed by atoms with Crippen molar-refractivity contribution in [2.45, 2.75) is 69.0 Å². The van der Waals surface area contributed by atoms with E-state index in [0.29, 0.717) is 85.2 Å². The number of imide groups is 1. The number of amides is 4. The van der Waals surface area contributed by atoms with Crippen LogP contribution in [0.25, 0.3) is 21.8 Å². The lowest BCUT2D eigenvalue weighted by atomic mass is 9.83. The summed E-state index contributed by atoms with van der Waals surface area (Å²) in [7, 11) is -0.940. The van der Waals surface area contributed by atoms with E-state index in [1.165, 1.54) is 24.1 Å². The maximum absolute atomic E-state index is 15.7. The van der Waals surface area contributed by atoms with Crippen molar-refractivity contribution in [2.75, 3.05) is 67.4 Å². The molecule has 4 aliphatic heterocycles. The van der Waals surface area contributed by atoms with E-state index in [4.69, 9.17) is 9.47 Å². The normalized spacial score (nSPS) is 19.6. The van der Waals surface area contributed by atoms with Crippen molar-refractivity contribution in [3.05, 3.63) is 71.4 Å². The Kier molecular flexibility index (Phi) is 12.0. The smallest absolute Gasteiger partial charge is 0.329 e. The molecule has 3 N–H and O–H groups in total. The number of urea groups is 1. The van der Waals surface area contributed by atoms with Gasteiger partial charge >= 0.3 is 16.2 Å². The van der Waals surface area contributed by atoms with E-state index in [9.17, 15) is 33.2 Å². The fraction of sp³-hybridized carbons (Fsp3) is 0.444. The van der Waals surface area contributed by atoms with Crippen molar-refractivity contribution in [2.24, 2.45) is 7.05 Å². The number of anilines is 3. The molecule has 9 rings (SSSR count). The molecule has 0 aliphatic carbocycles. The molecule has 0 unspecified atom stereocenters. The van der Waals surface area contributed by atoms with Gasteiger partial charge in [0.1, 0.15) is 23.2 Å². The highest BCUT2D eigenvalue weighted by Gasteiger charge is 2.45. The number of fused-ring (bicyclic) bond motifs is 2. The van der Waals surface area contributed by atoms with Crippen molar-refractivity contribution in [1.82, 2.24) is 34.5 Å². The number of hydrogen-bond acceptors (Lipinski definition) is 13. The van der Waals surface area contributed by atoms with Crippen LogP contribution in [-0.4, -0.2) is 125 Å². The number of aliphatic hydroxyl groups is 1. The Labute approximate surface area is 384 Å². The quantitative estimate of drug-likeness (QED) is 0.162. The number of rotatable bonds is 11. The largest absolute Gasteiger partial charge is 0.453 e. The van der Waals surface area contributed by atoms with Crippen molar-refractivity contribution in [1.29, 1.82) is 5.26 Å². The molecule has 22 heteroatoms. The van der Waals surface area contributed by atoms with Gasteiger partial charge in [-0.3, -0.25) is 29.2 Å². The lowest BCUT2D eigenvalue weighted by molar-refractivity contribution is -0.142. The summed E-state index contributed by atoms with van der Waals surface area (Å²) in [6.07, 6.45) is 2.39. The van der Waals surface area contributed by atoms with Gasteiger partial charge in [-0.1, -0.05) is 6.92 Å². The molecule has 352 valence electrons. The van der Waals surface area contributed by atoms with Crippen LogP contribution in [0, 0.1) is 23.0 Å². The minimum atomic E-state index is -4.01. The van der Waals surface area contributed by atoms with Gasteiger partial charge in [0.25, 0.3) is 0 Å². The molecule has 4 aliphatic rings. The summed E-state index contributed by atoms with van der Waals surface area (Å²) < 4.78 is 73.5. The first-order valence-electron chi connectivity index (χ1n) is 22.1. The molecule has 0 saturated carbocycles. The first kappa shape index (κ1) is 45.6. The molecular weight excluding hydrogens is 893 g/mol. The minimum absolute atomic E-state index is 0.0615. The van der Waals surface area contributed by atoms with E-state index in [1.54, 1.807) is 47.8 Å². The zero-order valence-corrected chi connectivity index (χ0v) is 37.9. The number of piperidine rings is 2. The lowest BCUT2D eigenvalue weighted by Gasteiger charge is -2.42. The second-order valence-electron chi connectivity index (χ2n) is 17.7. The zero-order chi connectivity index (χ0) is 47.4. The highest BCUT2D eigenvalue weighted by atomic mass is 32.2. The summed E-state index contributed by atoms with van der Waals surface area (Å²) >= 11 is 0. The number of ether oxygens (including phenoxy) is 2. The summed E-state index contributed by atoms with van der Waals surface area (Å²) in [6, 6.07) is 13.2. The molecule has 3 aromatic carbocycles. The monoisotopic (exact) mass is 941 g/mol. The van der Waals surface area contributed by atoms with Crippen LogP contribution in [-0.2, 0) is 31.6 Å². The molecule has 1 spiro atoms. The number of aromatic nitrogens is 4. The number of carbonyl (C=O) groups is 3. The van der Waals surface area contributed by atoms with Gasteiger partial charge in [0, 0.05) is 76.5 Å². The molecule has 0 bridgehead atoms. The number of carbonyl (C=O) groups excluding carboxylic acids is 3. The van der Waals surface area contributed by atoms with Gasteiger partial charge < -0.3 is 24.4 Å². The van der Waals surface area contributed by atoms with Gasteiger partial charge in [0.2, 0.25) is 11.8 Å². The van der Waals surface area contributed by atoms with E-state index >= 15 is 8.78 Å². The van der Waals surface area contributed by atoms with Crippen LogP contribution in [0.1, 0.15) is 69.0 Å². The van der Waals surface area contributed by atoms with E-state index in [2.05, 4.69) is 25.3 Å². The maximum Gasteiger partial charge on any atom is 0.329 e. The Bertz CT molecular complexity index is 2970. The molecule has 1 atom stereocenters. The molecule has 19 nitrogen and oxygen atoms in total. The third-order valence-electron chi connectivity index (χ3n) is 13.5. The number of likely N-dealkylation sites (tertiary alicyclic amines) is 1. The number of nitrogens with one attached hydrogen (secondary N) is 2. The standard InChI is InChI=1S/C45H49F2N11O8S/c1-4-54(2)67(63,64)53-35-8-6-32(46)41(31(35)25-48)66-29-5-7-34-27(19-29)20-36(51-50-34)28-23-45(65-26-28)12-17-57(18-13-45)40(60)24-44(62)10-15-56(16-11-44)38-22-37-30(21-33(38)47)42(52-55(37)3)58-14-9-39(59)49-43(58)61/h5-8,19-22,28,53,62H,4,9-18,23-24,26H2,1-3H3,(H,49,59,61)/t28-/m1/s1. The van der Waals surface area contributed by atoms with Crippen LogP contribution in [0.15, 0.2) is 48.5 Å². The Balaban J connectivity index is 0.799. The molecule has 4 amide bonds. The van der Waals surface area contributed by atoms with Gasteiger partial charge in [-0.15, -0.1) is 0 Å². The second kappa shape index (κ2) is 17.6. The van der Waals surface area contributed by atoms with Gasteiger partial charge in [0.15, 0.2) is 17.4 Å². The van der Waals surface area contributed by atoms with Crippen LogP contribution in [0.2, 0.25) is 0 Å². The van der Waals surface area contributed by atoms with E-state index < -0.39 is 44.8 Å². The third kappa shape index (κ3) is 8.91. The average molecular weight is 942 g/mol. The Morgan fingerprint density at radius 3 is 2.52 bits per heavy atom.